The summed E-state index contributed by atoms with van der Waals surface area (Å²) in [5.41, 5.74) is 0.338. The van der Waals surface area contributed by atoms with E-state index < -0.39 is 11.5 Å². The summed E-state index contributed by atoms with van der Waals surface area (Å²) >= 11 is 3.36. The van der Waals surface area contributed by atoms with Crippen molar-refractivity contribution in [3.63, 3.8) is 0 Å². The molecule has 0 unspecified atom stereocenters. The summed E-state index contributed by atoms with van der Waals surface area (Å²) in [4.78, 5) is 16.2. The number of nitrogens with zero attached hydrogens (tertiary/aromatic N) is 1. The van der Waals surface area contributed by atoms with E-state index >= 15 is 0 Å². The van der Waals surface area contributed by atoms with Crippen LogP contribution in [0.15, 0.2) is 47.1 Å². The number of rotatable bonds is 2. The molecule has 19 heavy (non-hydrogen) atoms. The smallest absolute Gasteiger partial charge is 0.261 e. The third-order valence-corrected chi connectivity index (χ3v) is 3.71. The Labute approximate surface area is 118 Å². The summed E-state index contributed by atoms with van der Waals surface area (Å²) in [6.45, 7) is 0. The Morgan fingerprint density at radius 1 is 1.32 bits per heavy atom. The average molecular weight is 319 g/mol. The summed E-state index contributed by atoms with van der Waals surface area (Å²) in [7, 11) is 0. The molecule has 1 aromatic heterocycles. The Kier molecular flexibility index (Phi) is 2.88. The molecule has 4 nitrogen and oxygen atoms in total. The number of aliphatic hydroxyl groups is 1. The van der Waals surface area contributed by atoms with Crippen LogP contribution in [0.2, 0.25) is 0 Å². The van der Waals surface area contributed by atoms with Crippen molar-refractivity contribution in [2.45, 2.75) is 12.0 Å². The Hall–Kier alpha value is -1.72. The van der Waals surface area contributed by atoms with E-state index in [2.05, 4.69) is 26.2 Å². The zero-order valence-corrected chi connectivity index (χ0v) is 11.5. The number of carbonyl (C=O) groups excluding carboxylic acids is 1. The zero-order valence-electron chi connectivity index (χ0n) is 9.93. The molecule has 0 aliphatic carbocycles. The van der Waals surface area contributed by atoms with E-state index in [1.807, 2.05) is 12.1 Å². The summed E-state index contributed by atoms with van der Waals surface area (Å²) in [6.07, 6.45) is 1.80. The first-order valence-electron chi connectivity index (χ1n) is 5.83. The molecule has 1 amide bonds. The molecule has 1 atom stereocenters. The van der Waals surface area contributed by atoms with Gasteiger partial charge in [-0.25, -0.2) is 0 Å². The highest BCUT2D eigenvalue weighted by Crippen LogP contribution is 2.39. The third kappa shape index (κ3) is 2.05. The zero-order chi connectivity index (χ0) is 13.5. The van der Waals surface area contributed by atoms with E-state index in [9.17, 15) is 9.90 Å². The van der Waals surface area contributed by atoms with Gasteiger partial charge in [0.05, 0.1) is 0 Å². The van der Waals surface area contributed by atoms with Crippen molar-refractivity contribution in [3.8, 4) is 0 Å². The van der Waals surface area contributed by atoms with Gasteiger partial charge in [-0.3, -0.25) is 9.78 Å². The van der Waals surface area contributed by atoms with E-state index in [4.69, 9.17) is 0 Å². The number of anilines is 1. The van der Waals surface area contributed by atoms with Crippen LogP contribution >= 0.6 is 15.9 Å². The first kappa shape index (κ1) is 12.3. The topological polar surface area (TPSA) is 62.2 Å². The monoisotopic (exact) mass is 318 g/mol. The van der Waals surface area contributed by atoms with Crippen LogP contribution in [0.5, 0.6) is 0 Å². The fourth-order valence-corrected chi connectivity index (χ4v) is 2.62. The van der Waals surface area contributed by atoms with Gasteiger partial charge in [-0.1, -0.05) is 22.0 Å². The molecule has 5 heteroatoms. The molecule has 1 aromatic carbocycles. The lowest BCUT2D eigenvalue weighted by Crippen LogP contribution is -2.36. The minimum absolute atomic E-state index is 0.156. The van der Waals surface area contributed by atoms with Crippen LogP contribution in [0.25, 0.3) is 0 Å². The van der Waals surface area contributed by atoms with Gasteiger partial charge in [0.2, 0.25) is 0 Å². The van der Waals surface area contributed by atoms with Crippen molar-refractivity contribution >= 4 is 27.5 Å². The number of nitrogens with one attached hydrogen (secondary N) is 1. The molecule has 0 fully saturated rings. The van der Waals surface area contributed by atoms with Gasteiger partial charge >= 0.3 is 0 Å². The van der Waals surface area contributed by atoms with Crippen LogP contribution in [0, 0.1) is 0 Å². The number of aromatic nitrogens is 1. The second-order valence-corrected chi connectivity index (χ2v) is 5.42. The highest BCUT2D eigenvalue weighted by molar-refractivity contribution is 9.10. The van der Waals surface area contributed by atoms with Crippen molar-refractivity contribution in [2.24, 2.45) is 0 Å². The molecule has 0 radical (unpaired) electrons. The van der Waals surface area contributed by atoms with Crippen molar-refractivity contribution in [1.29, 1.82) is 0 Å². The van der Waals surface area contributed by atoms with E-state index in [1.54, 1.807) is 30.5 Å². The maximum Gasteiger partial charge on any atom is 0.261 e. The number of pyridine rings is 1. The van der Waals surface area contributed by atoms with Crippen LogP contribution in [0.4, 0.5) is 5.69 Å². The summed E-state index contributed by atoms with van der Waals surface area (Å²) in [5.74, 6) is -0.411. The Balaban J connectivity index is 2.04. The van der Waals surface area contributed by atoms with Gasteiger partial charge in [0.15, 0.2) is 5.60 Å². The number of amides is 1. The largest absolute Gasteiger partial charge is 0.375 e. The highest BCUT2D eigenvalue weighted by Gasteiger charge is 2.45. The van der Waals surface area contributed by atoms with Crippen LogP contribution in [0.3, 0.4) is 0 Å². The van der Waals surface area contributed by atoms with Gasteiger partial charge in [0.25, 0.3) is 5.91 Å². The lowest BCUT2D eigenvalue weighted by Gasteiger charge is -2.20. The van der Waals surface area contributed by atoms with Crippen LogP contribution in [0.1, 0.15) is 11.3 Å². The van der Waals surface area contributed by atoms with Gasteiger partial charge in [-0.2, -0.15) is 0 Å². The van der Waals surface area contributed by atoms with Gasteiger partial charge < -0.3 is 10.4 Å². The van der Waals surface area contributed by atoms with Gasteiger partial charge in [0, 0.05) is 34.0 Å². The number of fused-ring (bicyclic) bond motifs is 1. The molecule has 0 spiro atoms. The molecule has 2 heterocycles. The fraction of sp³-hybridized carbons (Fsp3) is 0.143. The molecule has 3 rings (SSSR count). The second-order valence-electron chi connectivity index (χ2n) is 4.50. The standard InChI is InChI=1S/C14H11BrN2O2/c15-9-4-5-12-11(7-9)14(19,13(18)17-12)8-10-3-1-2-6-16-10/h1-7,19H,8H2,(H,17,18)/t14-/m0/s1. The SMILES string of the molecule is O=C1Nc2ccc(Br)cc2[C@@]1(O)Cc1ccccn1. The molecule has 0 saturated heterocycles. The van der Waals surface area contributed by atoms with Crippen molar-refractivity contribution in [2.75, 3.05) is 5.32 Å². The Morgan fingerprint density at radius 2 is 2.16 bits per heavy atom. The predicted octanol–water partition coefficient (Wildman–Crippen LogP) is 2.23. The number of hydrogen-bond acceptors (Lipinski definition) is 3. The van der Waals surface area contributed by atoms with Gasteiger partial charge in [-0.05, 0) is 30.3 Å². The average Bonchev–Trinajstić information content (AvgIpc) is 2.64. The summed E-state index contributed by atoms with van der Waals surface area (Å²) < 4.78 is 0.821. The minimum atomic E-state index is -1.56. The van der Waals surface area contributed by atoms with Crippen molar-refractivity contribution in [3.05, 3.63) is 58.3 Å². The van der Waals surface area contributed by atoms with E-state index in [1.165, 1.54) is 0 Å². The molecular weight excluding hydrogens is 308 g/mol. The number of benzene rings is 1. The van der Waals surface area contributed by atoms with Crippen LogP contribution in [-0.4, -0.2) is 16.0 Å². The number of carbonyl (C=O) groups is 1. The summed E-state index contributed by atoms with van der Waals surface area (Å²) in [6, 6.07) is 10.8. The first-order valence-corrected chi connectivity index (χ1v) is 6.63. The Morgan fingerprint density at radius 3 is 2.89 bits per heavy atom. The maximum absolute atomic E-state index is 12.1. The highest BCUT2D eigenvalue weighted by atomic mass is 79.9. The molecule has 0 saturated carbocycles. The number of halogens is 1. The van der Waals surface area contributed by atoms with Crippen molar-refractivity contribution in [1.82, 2.24) is 4.98 Å². The lowest BCUT2D eigenvalue weighted by atomic mass is 9.90. The Bertz CT molecular complexity index is 645. The van der Waals surface area contributed by atoms with Crippen LogP contribution in [-0.2, 0) is 16.8 Å². The molecule has 0 bridgehead atoms. The normalized spacial score (nSPS) is 21.1. The molecule has 1 aliphatic heterocycles. The molecule has 1 aliphatic rings. The maximum atomic E-state index is 12.1. The minimum Gasteiger partial charge on any atom is -0.375 e. The quantitative estimate of drug-likeness (QED) is 0.892. The lowest BCUT2D eigenvalue weighted by molar-refractivity contribution is -0.133. The number of hydrogen-bond donors (Lipinski definition) is 2. The molecular formula is C14H11BrN2O2. The molecule has 2 N–H and O–H groups in total. The van der Waals surface area contributed by atoms with Crippen LogP contribution < -0.4 is 5.32 Å². The van der Waals surface area contributed by atoms with Crippen molar-refractivity contribution < 1.29 is 9.90 Å². The first-order chi connectivity index (χ1) is 9.09. The fourth-order valence-electron chi connectivity index (χ4n) is 2.26. The third-order valence-electron chi connectivity index (χ3n) is 3.21. The predicted molar refractivity (Wildman–Crippen MR) is 74.6 cm³/mol. The van der Waals surface area contributed by atoms with Gasteiger partial charge in [-0.15, -0.1) is 0 Å². The summed E-state index contributed by atoms with van der Waals surface area (Å²) in [5, 5.41) is 13.4. The van der Waals surface area contributed by atoms with Gasteiger partial charge in [0.1, 0.15) is 0 Å². The van der Waals surface area contributed by atoms with E-state index in [-0.39, 0.29) is 6.42 Å². The molecule has 2 aromatic rings. The van der Waals surface area contributed by atoms with E-state index in [0.717, 1.165) is 4.47 Å². The second kappa shape index (κ2) is 4.43. The van der Waals surface area contributed by atoms with E-state index in [0.29, 0.717) is 16.9 Å². The molecule has 96 valence electrons.